The predicted molar refractivity (Wildman–Crippen MR) is 103 cm³/mol. The van der Waals surface area contributed by atoms with Crippen LogP contribution in [0.3, 0.4) is 0 Å². The maximum Gasteiger partial charge on any atom is 0.343 e. The van der Waals surface area contributed by atoms with Gasteiger partial charge in [-0.25, -0.2) is 9.79 Å². The van der Waals surface area contributed by atoms with Crippen LogP contribution < -0.4 is 16.2 Å². The number of rotatable bonds is 5. The summed E-state index contributed by atoms with van der Waals surface area (Å²) in [6, 6.07) is 24.0. The number of esters is 1. The minimum absolute atomic E-state index is 0.0322. The number of nitrogens with two attached hydrogens (primary N) is 2. The fourth-order valence-electron chi connectivity index (χ4n) is 2.61. The van der Waals surface area contributed by atoms with E-state index in [1.165, 1.54) is 0 Å². The zero-order valence-electron chi connectivity index (χ0n) is 14.1. The van der Waals surface area contributed by atoms with Crippen LogP contribution in [0.1, 0.15) is 21.5 Å². The Morgan fingerprint density at radius 2 is 1.54 bits per heavy atom. The van der Waals surface area contributed by atoms with Gasteiger partial charge >= 0.3 is 5.97 Å². The molecule has 0 heterocycles. The highest BCUT2D eigenvalue weighted by atomic mass is 16.5. The molecule has 5 nitrogen and oxygen atoms in total. The molecular formula is C21H19N3O2. The average molecular weight is 345 g/mol. The lowest BCUT2D eigenvalue weighted by Crippen LogP contribution is -2.22. The molecule has 0 amide bonds. The van der Waals surface area contributed by atoms with Crippen LogP contribution in [0.25, 0.3) is 0 Å². The van der Waals surface area contributed by atoms with Gasteiger partial charge in [-0.1, -0.05) is 48.5 Å². The Hall–Kier alpha value is -3.60. The van der Waals surface area contributed by atoms with Crippen molar-refractivity contribution in [3.63, 3.8) is 0 Å². The molecule has 0 aliphatic carbocycles. The molecule has 4 N–H and O–H groups in total. The van der Waals surface area contributed by atoms with E-state index in [4.69, 9.17) is 16.2 Å². The van der Waals surface area contributed by atoms with Crippen LogP contribution in [0.2, 0.25) is 0 Å². The molecular weight excluding hydrogens is 326 g/mol. The van der Waals surface area contributed by atoms with Crippen molar-refractivity contribution in [2.45, 2.75) is 6.42 Å². The molecule has 3 rings (SSSR count). The molecule has 0 radical (unpaired) electrons. The summed E-state index contributed by atoms with van der Waals surface area (Å²) >= 11 is 0. The van der Waals surface area contributed by atoms with Crippen LogP contribution in [-0.4, -0.2) is 11.9 Å². The Labute approximate surface area is 151 Å². The Morgan fingerprint density at radius 1 is 0.885 bits per heavy atom. The average Bonchev–Trinajstić information content (AvgIpc) is 2.63. The molecule has 0 unspecified atom stereocenters. The highest BCUT2D eigenvalue weighted by Crippen LogP contribution is 2.23. The van der Waals surface area contributed by atoms with Crippen molar-refractivity contribution in [2.24, 2.45) is 16.5 Å². The number of ether oxygens (including phenoxy) is 1. The van der Waals surface area contributed by atoms with Crippen LogP contribution in [0.5, 0.6) is 5.75 Å². The predicted octanol–water partition coefficient (Wildman–Crippen LogP) is 3.40. The van der Waals surface area contributed by atoms with Crippen molar-refractivity contribution in [1.29, 1.82) is 0 Å². The number of hydrogen-bond donors (Lipinski definition) is 2. The van der Waals surface area contributed by atoms with Gasteiger partial charge in [0.15, 0.2) is 5.96 Å². The van der Waals surface area contributed by atoms with Crippen molar-refractivity contribution in [2.75, 3.05) is 0 Å². The van der Waals surface area contributed by atoms with Gasteiger partial charge in [-0.15, -0.1) is 0 Å². The van der Waals surface area contributed by atoms with Crippen LogP contribution in [0.4, 0.5) is 5.69 Å². The number of carbonyl (C=O) groups excluding carboxylic acids is 1. The van der Waals surface area contributed by atoms with Crippen LogP contribution in [0.15, 0.2) is 83.9 Å². The summed E-state index contributed by atoms with van der Waals surface area (Å²) in [5, 5.41) is 0. The largest absolute Gasteiger partial charge is 0.423 e. The van der Waals surface area contributed by atoms with Gasteiger partial charge in [-0.05, 0) is 47.9 Å². The third kappa shape index (κ3) is 4.48. The molecule has 0 spiro atoms. The smallest absolute Gasteiger partial charge is 0.343 e. The second kappa shape index (κ2) is 7.98. The normalized spacial score (nSPS) is 10.2. The number of aliphatic imine (C=N–C) groups is 1. The summed E-state index contributed by atoms with van der Waals surface area (Å²) in [6.45, 7) is 0. The molecule has 130 valence electrons. The van der Waals surface area contributed by atoms with Crippen molar-refractivity contribution in [3.05, 3.63) is 95.6 Å². The molecule has 0 saturated carbocycles. The maximum atomic E-state index is 12.7. The van der Waals surface area contributed by atoms with Crippen molar-refractivity contribution in [1.82, 2.24) is 0 Å². The summed E-state index contributed by atoms with van der Waals surface area (Å²) in [5.74, 6) is 0.0464. The number of guanidine groups is 1. The van der Waals surface area contributed by atoms with Gasteiger partial charge in [0.25, 0.3) is 0 Å². The second-order valence-electron chi connectivity index (χ2n) is 5.74. The molecule has 3 aromatic carbocycles. The lowest BCUT2D eigenvalue weighted by molar-refractivity contribution is 0.0734. The topological polar surface area (TPSA) is 90.7 Å². The second-order valence-corrected chi connectivity index (χ2v) is 5.74. The lowest BCUT2D eigenvalue weighted by Gasteiger charge is -2.11. The van der Waals surface area contributed by atoms with Crippen LogP contribution in [-0.2, 0) is 6.42 Å². The van der Waals surface area contributed by atoms with Gasteiger partial charge in [-0.2, -0.15) is 0 Å². The lowest BCUT2D eigenvalue weighted by atomic mass is 9.99. The number of hydrogen-bond acceptors (Lipinski definition) is 3. The first-order valence-corrected chi connectivity index (χ1v) is 8.15. The van der Waals surface area contributed by atoms with E-state index in [0.29, 0.717) is 23.4 Å². The van der Waals surface area contributed by atoms with Crippen molar-refractivity contribution >= 4 is 17.6 Å². The van der Waals surface area contributed by atoms with Crippen LogP contribution in [0, 0.1) is 0 Å². The number of carbonyl (C=O) groups is 1. The quantitative estimate of drug-likeness (QED) is 0.321. The van der Waals surface area contributed by atoms with E-state index >= 15 is 0 Å². The Bertz CT molecular complexity index is 919. The number of para-hydroxylation sites is 1. The minimum atomic E-state index is -0.418. The van der Waals surface area contributed by atoms with Crippen molar-refractivity contribution < 1.29 is 9.53 Å². The van der Waals surface area contributed by atoms with E-state index in [-0.39, 0.29) is 5.96 Å². The summed E-state index contributed by atoms with van der Waals surface area (Å²) in [5.41, 5.74) is 13.9. The van der Waals surface area contributed by atoms with E-state index in [9.17, 15) is 4.79 Å². The maximum absolute atomic E-state index is 12.7. The fourth-order valence-corrected chi connectivity index (χ4v) is 2.61. The molecule has 5 heteroatoms. The van der Waals surface area contributed by atoms with Crippen LogP contribution >= 0.6 is 0 Å². The fraction of sp³-hybridized carbons (Fsp3) is 0.0476. The van der Waals surface area contributed by atoms with Gasteiger partial charge < -0.3 is 16.2 Å². The number of nitrogens with zero attached hydrogens (tertiary/aromatic N) is 1. The zero-order valence-corrected chi connectivity index (χ0v) is 14.1. The third-order valence-corrected chi connectivity index (χ3v) is 3.76. The molecule has 0 bridgehead atoms. The highest BCUT2D eigenvalue weighted by molar-refractivity contribution is 5.93. The van der Waals surface area contributed by atoms with E-state index in [0.717, 1.165) is 11.1 Å². The van der Waals surface area contributed by atoms with E-state index in [1.807, 2.05) is 48.5 Å². The molecule has 26 heavy (non-hydrogen) atoms. The Kier molecular flexibility index (Phi) is 5.29. The Morgan fingerprint density at radius 3 is 2.19 bits per heavy atom. The van der Waals surface area contributed by atoms with E-state index in [1.54, 1.807) is 30.3 Å². The monoisotopic (exact) mass is 345 g/mol. The standard InChI is InChI=1S/C21H19N3O2/c22-21(23)24-17-11-12-19(20(25)26-18-9-5-2-6-10-18)16(14-17)13-15-7-3-1-4-8-15/h1-12,14H,13H2,(H4,22,23,24). The highest BCUT2D eigenvalue weighted by Gasteiger charge is 2.15. The Balaban J connectivity index is 1.94. The minimum Gasteiger partial charge on any atom is -0.423 e. The van der Waals surface area contributed by atoms with Gasteiger partial charge in [0.05, 0.1) is 11.3 Å². The summed E-state index contributed by atoms with van der Waals surface area (Å²) in [6.07, 6.45) is 0.563. The molecule has 0 atom stereocenters. The van der Waals surface area contributed by atoms with Gasteiger partial charge in [0.1, 0.15) is 5.75 Å². The summed E-state index contributed by atoms with van der Waals surface area (Å²) < 4.78 is 5.48. The molecule has 0 aliphatic rings. The molecule has 0 aliphatic heterocycles. The van der Waals surface area contributed by atoms with Crippen molar-refractivity contribution in [3.8, 4) is 5.75 Å². The first kappa shape index (κ1) is 17.2. The van der Waals surface area contributed by atoms with E-state index in [2.05, 4.69) is 4.99 Å². The first-order valence-electron chi connectivity index (χ1n) is 8.15. The molecule has 0 saturated heterocycles. The summed E-state index contributed by atoms with van der Waals surface area (Å²) in [4.78, 5) is 16.7. The third-order valence-electron chi connectivity index (χ3n) is 3.76. The molecule has 3 aromatic rings. The SMILES string of the molecule is NC(N)=Nc1ccc(C(=O)Oc2ccccc2)c(Cc2ccccc2)c1. The zero-order chi connectivity index (χ0) is 18.4. The van der Waals surface area contributed by atoms with Gasteiger partial charge in [0.2, 0.25) is 0 Å². The molecule has 0 fully saturated rings. The first-order chi connectivity index (χ1) is 12.6. The van der Waals surface area contributed by atoms with E-state index < -0.39 is 5.97 Å². The molecule has 0 aromatic heterocycles. The summed E-state index contributed by atoms with van der Waals surface area (Å²) in [7, 11) is 0. The van der Waals surface area contributed by atoms with Gasteiger partial charge in [0, 0.05) is 0 Å². The number of benzene rings is 3. The van der Waals surface area contributed by atoms with Gasteiger partial charge in [-0.3, -0.25) is 0 Å².